The van der Waals surface area contributed by atoms with E-state index in [1.807, 2.05) is 0 Å². The molecule has 1 aromatic carbocycles. The van der Waals surface area contributed by atoms with Crippen LogP contribution in [0.2, 0.25) is 0 Å². The first-order valence-electron chi connectivity index (χ1n) is 7.82. The molecule has 1 aliphatic rings. The Labute approximate surface area is 123 Å². The van der Waals surface area contributed by atoms with E-state index in [0.717, 1.165) is 30.4 Å². The highest BCUT2D eigenvalue weighted by atomic mass is 16.5. The lowest BCUT2D eigenvalue weighted by Crippen LogP contribution is -2.43. The summed E-state index contributed by atoms with van der Waals surface area (Å²) in [5.74, 6) is 2.43. The zero-order valence-corrected chi connectivity index (χ0v) is 13.6. The van der Waals surface area contributed by atoms with E-state index in [9.17, 15) is 0 Å². The maximum absolute atomic E-state index is 6.83. The Morgan fingerprint density at radius 2 is 1.95 bits per heavy atom. The fraction of sp³-hybridized carbons (Fsp3) is 0.667. The predicted molar refractivity (Wildman–Crippen MR) is 85.1 cm³/mol. The second-order valence-corrected chi connectivity index (χ2v) is 6.89. The van der Waals surface area contributed by atoms with E-state index < -0.39 is 0 Å². The van der Waals surface area contributed by atoms with Crippen LogP contribution < -0.4 is 10.5 Å². The average Bonchev–Trinajstić information content (AvgIpc) is 2.40. The van der Waals surface area contributed by atoms with Gasteiger partial charge in [-0.05, 0) is 61.3 Å². The van der Waals surface area contributed by atoms with Gasteiger partial charge in [-0.25, -0.2) is 0 Å². The molecule has 2 unspecified atom stereocenters. The molecule has 1 fully saturated rings. The zero-order chi connectivity index (χ0) is 14.9. The first kappa shape index (κ1) is 15.4. The SMILES string of the molecule is COc1cc(C)c(C2(N)CCCC(C(C)C)C2)cc1C. The molecule has 0 spiro atoms. The van der Waals surface area contributed by atoms with E-state index in [-0.39, 0.29) is 5.54 Å². The van der Waals surface area contributed by atoms with Crippen LogP contribution in [0, 0.1) is 25.7 Å². The van der Waals surface area contributed by atoms with Gasteiger partial charge in [0.2, 0.25) is 0 Å². The molecule has 0 amide bonds. The molecule has 1 aromatic rings. The standard InChI is InChI=1S/C18H29NO/c1-12(2)15-7-6-8-18(19,11-15)16-9-14(4)17(20-5)10-13(16)3/h9-10,12,15H,6-8,11,19H2,1-5H3. The third-order valence-electron chi connectivity index (χ3n) is 5.05. The molecule has 0 aromatic heterocycles. The maximum atomic E-state index is 6.83. The van der Waals surface area contributed by atoms with Crippen LogP contribution in [0.25, 0.3) is 0 Å². The van der Waals surface area contributed by atoms with E-state index in [0.29, 0.717) is 0 Å². The smallest absolute Gasteiger partial charge is 0.122 e. The third-order valence-corrected chi connectivity index (χ3v) is 5.05. The highest BCUT2D eigenvalue weighted by molar-refractivity contribution is 5.44. The number of rotatable bonds is 3. The molecule has 1 aliphatic carbocycles. The number of hydrogen-bond acceptors (Lipinski definition) is 2. The summed E-state index contributed by atoms with van der Waals surface area (Å²) in [5.41, 5.74) is 10.4. The van der Waals surface area contributed by atoms with Crippen LogP contribution in [0.1, 0.15) is 56.2 Å². The van der Waals surface area contributed by atoms with Gasteiger partial charge >= 0.3 is 0 Å². The summed E-state index contributed by atoms with van der Waals surface area (Å²) < 4.78 is 5.42. The van der Waals surface area contributed by atoms with E-state index in [2.05, 4.69) is 39.8 Å². The van der Waals surface area contributed by atoms with Gasteiger partial charge in [0.1, 0.15) is 5.75 Å². The molecule has 2 heteroatoms. The van der Waals surface area contributed by atoms with Crippen molar-refractivity contribution in [1.29, 1.82) is 0 Å². The van der Waals surface area contributed by atoms with Crippen molar-refractivity contribution in [3.05, 3.63) is 28.8 Å². The van der Waals surface area contributed by atoms with Gasteiger partial charge in [-0.2, -0.15) is 0 Å². The normalized spacial score (nSPS) is 26.9. The van der Waals surface area contributed by atoms with Crippen LogP contribution in [0.15, 0.2) is 12.1 Å². The Kier molecular flexibility index (Phi) is 4.43. The molecule has 20 heavy (non-hydrogen) atoms. The fourth-order valence-electron chi connectivity index (χ4n) is 3.71. The lowest BCUT2D eigenvalue weighted by atomic mass is 9.68. The van der Waals surface area contributed by atoms with Gasteiger partial charge in [0, 0.05) is 5.54 Å². The third kappa shape index (κ3) is 2.85. The first-order valence-corrected chi connectivity index (χ1v) is 7.82. The van der Waals surface area contributed by atoms with Gasteiger partial charge < -0.3 is 10.5 Å². The number of methoxy groups -OCH3 is 1. The minimum atomic E-state index is -0.158. The predicted octanol–water partition coefficient (Wildman–Crippen LogP) is 4.31. The Bertz CT molecular complexity index is 481. The number of aryl methyl sites for hydroxylation is 2. The summed E-state index contributed by atoms with van der Waals surface area (Å²) in [4.78, 5) is 0. The zero-order valence-electron chi connectivity index (χ0n) is 13.6. The van der Waals surface area contributed by atoms with Gasteiger partial charge in [0.05, 0.1) is 7.11 Å². The minimum absolute atomic E-state index is 0.158. The van der Waals surface area contributed by atoms with Crippen LogP contribution in [0.4, 0.5) is 0 Å². The van der Waals surface area contributed by atoms with Crippen molar-refractivity contribution in [3.8, 4) is 5.75 Å². The van der Waals surface area contributed by atoms with E-state index in [4.69, 9.17) is 10.5 Å². The van der Waals surface area contributed by atoms with Crippen molar-refractivity contribution in [2.75, 3.05) is 7.11 Å². The lowest BCUT2D eigenvalue weighted by Gasteiger charge is -2.41. The van der Waals surface area contributed by atoms with Crippen LogP contribution in [-0.2, 0) is 5.54 Å². The first-order chi connectivity index (χ1) is 9.37. The number of hydrogen-bond donors (Lipinski definition) is 1. The van der Waals surface area contributed by atoms with Gasteiger partial charge in [0.25, 0.3) is 0 Å². The summed E-state index contributed by atoms with van der Waals surface area (Å²) in [6.07, 6.45) is 4.77. The molecule has 1 saturated carbocycles. The van der Waals surface area contributed by atoms with E-state index in [1.54, 1.807) is 7.11 Å². The van der Waals surface area contributed by atoms with Crippen LogP contribution >= 0.6 is 0 Å². The summed E-state index contributed by atoms with van der Waals surface area (Å²) in [5, 5.41) is 0. The van der Waals surface area contributed by atoms with Crippen molar-refractivity contribution in [2.45, 2.75) is 58.9 Å². The molecular formula is C18H29NO. The Morgan fingerprint density at radius 1 is 1.25 bits per heavy atom. The number of benzene rings is 1. The summed E-state index contributed by atoms with van der Waals surface area (Å²) in [6.45, 7) is 8.91. The Hall–Kier alpha value is -1.02. The molecule has 0 bridgehead atoms. The highest BCUT2D eigenvalue weighted by Gasteiger charge is 2.36. The van der Waals surface area contributed by atoms with Gasteiger partial charge in [-0.1, -0.05) is 32.8 Å². The van der Waals surface area contributed by atoms with Crippen molar-refractivity contribution < 1.29 is 4.74 Å². The van der Waals surface area contributed by atoms with Crippen molar-refractivity contribution in [2.24, 2.45) is 17.6 Å². The molecular weight excluding hydrogens is 246 g/mol. The van der Waals surface area contributed by atoms with E-state index in [1.165, 1.54) is 29.5 Å². The topological polar surface area (TPSA) is 35.2 Å². The largest absolute Gasteiger partial charge is 0.496 e. The molecule has 112 valence electrons. The molecule has 0 saturated heterocycles. The second-order valence-electron chi connectivity index (χ2n) is 6.89. The van der Waals surface area contributed by atoms with Crippen LogP contribution in [0.3, 0.4) is 0 Å². The molecule has 0 heterocycles. The average molecular weight is 275 g/mol. The second kappa shape index (κ2) is 5.77. The monoisotopic (exact) mass is 275 g/mol. The number of nitrogens with two attached hydrogens (primary N) is 1. The fourth-order valence-corrected chi connectivity index (χ4v) is 3.71. The molecule has 2 atom stereocenters. The Morgan fingerprint density at radius 3 is 2.55 bits per heavy atom. The van der Waals surface area contributed by atoms with Crippen molar-refractivity contribution in [3.63, 3.8) is 0 Å². The van der Waals surface area contributed by atoms with Crippen LogP contribution in [-0.4, -0.2) is 7.11 Å². The molecule has 0 radical (unpaired) electrons. The summed E-state index contributed by atoms with van der Waals surface area (Å²) >= 11 is 0. The maximum Gasteiger partial charge on any atom is 0.122 e. The summed E-state index contributed by atoms with van der Waals surface area (Å²) in [7, 11) is 1.73. The lowest BCUT2D eigenvalue weighted by molar-refractivity contribution is 0.183. The minimum Gasteiger partial charge on any atom is -0.496 e. The van der Waals surface area contributed by atoms with Crippen LogP contribution in [0.5, 0.6) is 5.75 Å². The van der Waals surface area contributed by atoms with E-state index >= 15 is 0 Å². The molecule has 0 aliphatic heterocycles. The summed E-state index contributed by atoms with van der Waals surface area (Å²) in [6, 6.07) is 4.38. The van der Waals surface area contributed by atoms with Gasteiger partial charge in [-0.3, -0.25) is 0 Å². The molecule has 2 N–H and O–H groups in total. The van der Waals surface area contributed by atoms with Crippen molar-refractivity contribution >= 4 is 0 Å². The Balaban J connectivity index is 2.36. The van der Waals surface area contributed by atoms with Gasteiger partial charge in [0.15, 0.2) is 0 Å². The highest BCUT2D eigenvalue weighted by Crippen LogP contribution is 2.42. The molecule has 2 rings (SSSR count). The number of ether oxygens (including phenoxy) is 1. The molecule has 2 nitrogen and oxygen atoms in total. The van der Waals surface area contributed by atoms with Gasteiger partial charge in [-0.15, -0.1) is 0 Å². The quantitative estimate of drug-likeness (QED) is 0.892. The van der Waals surface area contributed by atoms with Crippen molar-refractivity contribution in [1.82, 2.24) is 0 Å².